The van der Waals surface area contributed by atoms with Gasteiger partial charge in [-0.05, 0) is 176 Å². The summed E-state index contributed by atoms with van der Waals surface area (Å²) < 4.78 is 21.7. The first kappa shape index (κ1) is 35.2. The summed E-state index contributed by atoms with van der Waals surface area (Å²) in [5.74, 6) is 8.79. The Morgan fingerprint density at radius 2 is 0.981 bits per heavy atom. The van der Waals surface area contributed by atoms with E-state index in [4.69, 9.17) is 14.2 Å². The highest BCUT2D eigenvalue weighted by Gasteiger charge is 2.61. The number of rotatable bonds is 4. The first-order valence-electron chi connectivity index (χ1n) is 24.7. The first-order valence-corrected chi connectivity index (χ1v) is 25.6. The second-order valence-electron chi connectivity index (χ2n) is 21.8. The molecule has 19 atom stereocenters. The van der Waals surface area contributed by atoms with E-state index in [2.05, 4.69) is 16.7 Å². The van der Waals surface area contributed by atoms with E-state index in [0.717, 1.165) is 87.8 Å². The largest absolute Gasteiger partial charge is 0.374 e. The van der Waals surface area contributed by atoms with Crippen LogP contribution in [0.5, 0.6) is 0 Å². The van der Waals surface area contributed by atoms with E-state index in [1.165, 1.54) is 173 Å². The van der Waals surface area contributed by atoms with E-state index >= 15 is 0 Å². The molecule has 12 fully saturated rings. The summed E-state index contributed by atoms with van der Waals surface area (Å²) in [6.07, 6.45) is 42.4. The molecule has 53 heavy (non-hydrogen) atoms. The predicted octanol–water partition coefficient (Wildman–Crippen LogP) is 11.0. The van der Waals surface area contributed by atoms with Gasteiger partial charge < -0.3 is 14.2 Å². The van der Waals surface area contributed by atoms with Crippen LogP contribution in [0.2, 0.25) is 0 Å². The molecule has 12 aliphatic rings. The standard InChI is InChI=1S/C48H75NO3S/c1-4-15-39-32(9-1)33-24-23-30(27-42(33)51-39)49(38-14-8-17-41-45(38)36-10-2-5-16-40(36)50-41)29-21-19-28(20-22-29)31-12-7-13-34-35-25-26-44-46(48(35)52-47(31)34)37-11-3-6-18-43(37)53-44/h28-48H,1-27H2. The van der Waals surface area contributed by atoms with Crippen LogP contribution in [0.1, 0.15) is 173 Å². The maximum absolute atomic E-state index is 7.59. The van der Waals surface area contributed by atoms with Crippen LogP contribution < -0.4 is 0 Å². The van der Waals surface area contributed by atoms with Crippen molar-refractivity contribution in [2.45, 2.75) is 239 Å². The highest BCUT2D eigenvalue weighted by Crippen LogP contribution is 2.62. The van der Waals surface area contributed by atoms with Crippen molar-refractivity contribution >= 4 is 11.8 Å². The van der Waals surface area contributed by atoms with Gasteiger partial charge in [0.2, 0.25) is 0 Å². The Balaban J connectivity index is 0.778. The van der Waals surface area contributed by atoms with Gasteiger partial charge in [-0.3, -0.25) is 4.90 Å². The van der Waals surface area contributed by atoms with Crippen molar-refractivity contribution < 1.29 is 14.2 Å². The van der Waals surface area contributed by atoms with Gasteiger partial charge in [-0.15, -0.1) is 0 Å². The van der Waals surface area contributed by atoms with E-state index < -0.39 is 0 Å². The normalized spacial score (nSPS) is 57.3. The van der Waals surface area contributed by atoms with E-state index in [-0.39, 0.29) is 0 Å². The first-order chi connectivity index (χ1) is 26.3. The van der Waals surface area contributed by atoms with Gasteiger partial charge in [0, 0.05) is 40.5 Å². The topological polar surface area (TPSA) is 30.9 Å². The molecule has 0 aromatic rings. The Morgan fingerprint density at radius 3 is 1.87 bits per heavy atom. The molecule has 0 bridgehead atoms. The summed E-state index contributed by atoms with van der Waals surface area (Å²) in [6.45, 7) is 0. The number of ether oxygens (including phenoxy) is 3. The van der Waals surface area contributed by atoms with Crippen LogP contribution in [0.15, 0.2) is 0 Å². The minimum Gasteiger partial charge on any atom is -0.374 e. The molecule has 4 saturated heterocycles. The minimum absolute atomic E-state index is 0.548. The van der Waals surface area contributed by atoms with Crippen LogP contribution in [0.25, 0.3) is 0 Å². The fourth-order valence-corrected chi connectivity index (χ4v) is 20.1. The van der Waals surface area contributed by atoms with Gasteiger partial charge in [-0.1, -0.05) is 44.9 Å². The van der Waals surface area contributed by atoms with E-state index in [0.29, 0.717) is 36.6 Å². The lowest BCUT2D eigenvalue weighted by Gasteiger charge is -2.53. The molecule has 0 radical (unpaired) electrons. The van der Waals surface area contributed by atoms with Crippen molar-refractivity contribution in [3.8, 4) is 0 Å². The van der Waals surface area contributed by atoms with Gasteiger partial charge >= 0.3 is 0 Å². The molecule has 296 valence electrons. The van der Waals surface area contributed by atoms with E-state index in [1.54, 1.807) is 0 Å². The van der Waals surface area contributed by atoms with Crippen molar-refractivity contribution in [1.29, 1.82) is 0 Å². The summed E-state index contributed by atoms with van der Waals surface area (Å²) in [6, 6.07) is 2.29. The predicted molar refractivity (Wildman–Crippen MR) is 214 cm³/mol. The summed E-state index contributed by atoms with van der Waals surface area (Å²) in [7, 11) is 0. The van der Waals surface area contributed by atoms with Gasteiger partial charge in [-0.2, -0.15) is 11.8 Å². The Bertz CT molecular complexity index is 1300. The average Bonchev–Trinajstić information content (AvgIpc) is 3.98. The quantitative estimate of drug-likeness (QED) is 0.286. The van der Waals surface area contributed by atoms with Crippen LogP contribution in [0, 0.1) is 59.2 Å². The Morgan fingerprint density at radius 1 is 0.358 bits per heavy atom. The van der Waals surface area contributed by atoms with Gasteiger partial charge in [0.25, 0.3) is 0 Å². The molecule has 0 amide bonds. The third-order valence-corrected chi connectivity index (χ3v) is 21.7. The van der Waals surface area contributed by atoms with Crippen molar-refractivity contribution in [3.05, 3.63) is 0 Å². The molecule has 4 nitrogen and oxygen atoms in total. The van der Waals surface area contributed by atoms with E-state index in [9.17, 15) is 0 Å². The molecule has 0 aromatic heterocycles. The van der Waals surface area contributed by atoms with Gasteiger partial charge in [0.15, 0.2) is 0 Å². The molecule has 12 rings (SSSR count). The van der Waals surface area contributed by atoms with Crippen molar-refractivity contribution in [1.82, 2.24) is 4.90 Å². The fraction of sp³-hybridized carbons (Fsp3) is 1.00. The Kier molecular flexibility index (Phi) is 9.61. The highest BCUT2D eigenvalue weighted by atomic mass is 32.2. The Hall–Kier alpha value is 0.190. The lowest BCUT2D eigenvalue weighted by Crippen LogP contribution is -2.58. The summed E-state index contributed by atoms with van der Waals surface area (Å²) in [5, 5.41) is 1.89. The number of nitrogens with zero attached hydrogens (tertiary/aromatic N) is 1. The summed E-state index contributed by atoms with van der Waals surface area (Å²) in [5.41, 5.74) is 0. The van der Waals surface area contributed by atoms with Crippen LogP contribution in [-0.2, 0) is 14.2 Å². The fourth-order valence-electron chi connectivity index (χ4n) is 18.0. The number of fused-ring (bicyclic) bond motifs is 13. The summed E-state index contributed by atoms with van der Waals surface area (Å²) >= 11 is 2.44. The second-order valence-corrected chi connectivity index (χ2v) is 23.3. The Labute approximate surface area is 327 Å². The summed E-state index contributed by atoms with van der Waals surface area (Å²) in [4.78, 5) is 3.32. The van der Waals surface area contributed by atoms with Crippen molar-refractivity contribution in [3.63, 3.8) is 0 Å². The van der Waals surface area contributed by atoms with E-state index in [1.807, 2.05) is 0 Å². The number of thioether (sulfide) groups is 1. The average molecular weight is 746 g/mol. The van der Waals surface area contributed by atoms with Crippen LogP contribution in [0.4, 0.5) is 0 Å². The molecule has 0 aromatic carbocycles. The monoisotopic (exact) mass is 746 g/mol. The van der Waals surface area contributed by atoms with Crippen LogP contribution >= 0.6 is 11.8 Å². The second kappa shape index (κ2) is 14.5. The molecule has 19 unspecified atom stereocenters. The minimum atomic E-state index is 0.548. The van der Waals surface area contributed by atoms with Crippen molar-refractivity contribution in [2.75, 3.05) is 0 Å². The van der Waals surface area contributed by atoms with Crippen LogP contribution in [-0.4, -0.2) is 70.1 Å². The zero-order chi connectivity index (χ0) is 34.6. The molecule has 4 aliphatic heterocycles. The molecule has 4 heterocycles. The van der Waals surface area contributed by atoms with Gasteiger partial charge in [-0.25, -0.2) is 0 Å². The molecular weight excluding hydrogens is 671 g/mol. The zero-order valence-electron chi connectivity index (χ0n) is 33.3. The highest BCUT2D eigenvalue weighted by molar-refractivity contribution is 8.00. The zero-order valence-corrected chi connectivity index (χ0v) is 34.1. The molecule has 0 N–H and O–H groups in total. The lowest BCUT2D eigenvalue weighted by molar-refractivity contribution is -0.0858. The molecule has 8 saturated carbocycles. The van der Waals surface area contributed by atoms with Gasteiger partial charge in [0.1, 0.15) is 0 Å². The molecule has 5 heteroatoms. The molecule has 8 aliphatic carbocycles. The van der Waals surface area contributed by atoms with Crippen molar-refractivity contribution in [2.24, 2.45) is 59.2 Å². The maximum Gasteiger partial charge on any atom is 0.0652 e. The number of hydrogen-bond acceptors (Lipinski definition) is 5. The molecule has 0 spiro atoms. The third kappa shape index (κ3) is 5.91. The third-order valence-electron chi connectivity index (χ3n) is 19.9. The number of hydrogen-bond donors (Lipinski definition) is 0. The smallest absolute Gasteiger partial charge is 0.0652 e. The molecular formula is C48H75NO3S. The van der Waals surface area contributed by atoms with Crippen LogP contribution in [0.3, 0.4) is 0 Å². The maximum atomic E-state index is 7.59. The SMILES string of the molecule is C1CCC2C(C1)OC1CC(N(C3CCC(C4CCCC5C6CCC7SC8CCCCC8C7C6OC45)CC3)C3CCCC4OC5CCCCC5C43)CCC12. The lowest BCUT2D eigenvalue weighted by atomic mass is 9.62. The van der Waals surface area contributed by atoms with Gasteiger partial charge in [0.05, 0.1) is 36.6 Å².